The van der Waals surface area contributed by atoms with E-state index in [1.807, 2.05) is 12.1 Å². The van der Waals surface area contributed by atoms with Gasteiger partial charge in [0.2, 0.25) is 0 Å². The average Bonchev–Trinajstić information content (AvgIpc) is 2.98. The predicted molar refractivity (Wildman–Crippen MR) is 98.8 cm³/mol. The second-order valence-corrected chi connectivity index (χ2v) is 7.17. The van der Waals surface area contributed by atoms with E-state index in [9.17, 15) is 4.79 Å². The fraction of sp³-hybridized carbons (Fsp3) is 0.389. The number of carbonyl (C=O) groups excluding carboxylic acids is 1. The first-order valence-electron chi connectivity index (χ1n) is 8.53. The lowest BCUT2D eigenvalue weighted by molar-refractivity contribution is 0.0957. The van der Waals surface area contributed by atoms with Gasteiger partial charge in [-0.25, -0.2) is 0 Å². The number of nitrogens with zero attached hydrogens (tertiary/aromatic N) is 2. The van der Waals surface area contributed by atoms with Crippen LogP contribution in [0.15, 0.2) is 24.5 Å². The number of hydrogen-bond acceptors (Lipinski definition) is 5. The quantitative estimate of drug-likeness (QED) is 0.650. The van der Waals surface area contributed by atoms with E-state index in [2.05, 4.69) is 20.6 Å². The summed E-state index contributed by atoms with van der Waals surface area (Å²) in [5.74, 6) is 0.0105. The molecule has 3 heterocycles. The van der Waals surface area contributed by atoms with Crippen LogP contribution in [0, 0.1) is 0 Å². The van der Waals surface area contributed by atoms with Gasteiger partial charge < -0.3 is 10.6 Å². The Morgan fingerprint density at radius 3 is 2.54 bits per heavy atom. The fourth-order valence-electron chi connectivity index (χ4n) is 3.22. The second kappa shape index (κ2) is 6.73. The Hall–Kier alpha value is -2.21. The Labute approximate surface area is 144 Å². The molecule has 2 aromatic heterocycles. The number of rotatable bonds is 0. The molecule has 0 saturated heterocycles. The molecule has 6 heteroatoms. The van der Waals surface area contributed by atoms with E-state index in [0.29, 0.717) is 0 Å². The highest BCUT2D eigenvalue weighted by atomic mass is 32.1. The van der Waals surface area contributed by atoms with Gasteiger partial charge in [-0.2, -0.15) is 0 Å². The summed E-state index contributed by atoms with van der Waals surface area (Å²) < 4.78 is 1.07. The van der Waals surface area contributed by atoms with Gasteiger partial charge in [0.05, 0.1) is 16.7 Å². The number of carbonyl (C=O) groups is 1. The van der Waals surface area contributed by atoms with Crippen LogP contribution in [-0.2, 0) is 0 Å². The summed E-state index contributed by atoms with van der Waals surface area (Å²) in [6, 6.07) is 4.01. The molecule has 1 aliphatic heterocycles. The third-order valence-electron chi connectivity index (χ3n) is 4.44. The molecule has 0 fully saturated rings. The van der Waals surface area contributed by atoms with Gasteiger partial charge in [0.1, 0.15) is 4.88 Å². The number of anilines is 1. The van der Waals surface area contributed by atoms with Gasteiger partial charge in [-0.15, -0.1) is 11.3 Å². The molecule has 0 bridgehead atoms. The SMILES string of the molecule is O=C1NCCCCCCCNc2c1sc1ccc3nccnc3c21. The van der Waals surface area contributed by atoms with Gasteiger partial charge in [0.25, 0.3) is 5.91 Å². The lowest BCUT2D eigenvalue weighted by Crippen LogP contribution is -2.24. The first kappa shape index (κ1) is 15.3. The molecule has 4 rings (SSSR count). The van der Waals surface area contributed by atoms with Crippen molar-refractivity contribution < 1.29 is 4.79 Å². The van der Waals surface area contributed by atoms with Crippen LogP contribution >= 0.6 is 11.3 Å². The monoisotopic (exact) mass is 340 g/mol. The Morgan fingerprint density at radius 1 is 0.917 bits per heavy atom. The molecule has 24 heavy (non-hydrogen) atoms. The van der Waals surface area contributed by atoms with Crippen molar-refractivity contribution >= 4 is 44.1 Å². The number of hydrogen-bond donors (Lipinski definition) is 2. The Morgan fingerprint density at radius 2 is 1.67 bits per heavy atom. The van der Waals surface area contributed by atoms with E-state index in [1.165, 1.54) is 30.6 Å². The summed E-state index contributed by atoms with van der Waals surface area (Å²) >= 11 is 1.53. The predicted octanol–water partition coefficient (Wildman–Crippen LogP) is 3.95. The molecule has 0 unspecified atom stereocenters. The summed E-state index contributed by atoms with van der Waals surface area (Å²) in [5.41, 5.74) is 2.64. The molecule has 0 radical (unpaired) electrons. The van der Waals surface area contributed by atoms with Crippen molar-refractivity contribution in [2.75, 3.05) is 18.4 Å². The highest BCUT2D eigenvalue weighted by Gasteiger charge is 2.20. The molecule has 3 aromatic rings. The minimum Gasteiger partial charge on any atom is -0.383 e. The van der Waals surface area contributed by atoms with Gasteiger partial charge >= 0.3 is 0 Å². The second-order valence-electron chi connectivity index (χ2n) is 6.12. The number of fused-ring (bicyclic) bond motifs is 5. The largest absolute Gasteiger partial charge is 0.383 e. The van der Waals surface area contributed by atoms with Crippen LogP contribution in [0.25, 0.3) is 21.1 Å². The molecule has 0 atom stereocenters. The molecule has 2 N–H and O–H groups in total. The molecular weight excluding hydrogens is 320 g/mol. The standard InChI is InChI=1S/C18H20N4OS/c23-18-17-16(20-8-4-2-1-3-5-9-22-18)14-13(24-17)7-6-12-15(14)21-11-10-19-12/h6-7,10-11,20H,1-5,8-9H2,(H,22,23). The van der Waals surface area contributed by atoms with Crippen LogP contribution in [0.4, 0.5) is 5.69 Å². The minimum absolute atomic E-state index is 0.0105. The third kappa shape index (κ3) is 2.82. The maximum Gasteiger partial charge on any atom is 0.263 e. The molecule has 0 aliphatic carbocycles. The highest BCUT2D eigenvalue weighted by molar-refractivity contribution is 7.21. The third-order valence-corrected chi connectivity index (χ3v) is 5.59. The van der Waals surface area contributed by atoms with Crippen molar-refractivity contribution in [1.82, 2.24) is 15.3 Å². The van der Waals surface area contributed by atoms with Crippen LogP contribution in [0.5, 0.6) is 0 Å². The summed E-state index contributed by atoms with van der Waals surface area (Å²) in [5, 5.41) is 7.59. The van der Waals surface area contributed by atoms with Crippen molar-refractivity contribution in [3.63, 3.8) is 0 Å². The molecule has 0 saturated carbocycles. The molecular formula is C18H20N4OS. The molecule has 0 spiro atoms. The number of amides is 1. The Balaban J connectivity index is 1.87. The van der Waals surface area contributed by atoms with Gasteiger partial charge in [0, 0.05) is 35.6 Å². The van der Waals surface area contributed by atoms with Crippen LogP contribution in [-0.4, -0.2) is 29.0 Å². The van der Waals surface area contributed by atoms with E-state index < -0.39 is 0 Å². The fourth-order valence-corrected chi connectivity index (χ4v) is 4.32. The van der Waals surface area contributed by atoms with Gasteiger partial charge in [-0.3, -0.25) is 14.8 Å². The lowest BCUT2D eigenvalue weighted by Gasteiger charge is -2.11. The number of benzene rings is 1. The van der Waals surface area contributed by atoms with Crippen LogP contribution in [0.3, 0.4) is 0 Å². The zero-order chi connectivity index (χ0) is 16.4. The molecule has 5 nitrogen and oxygen atoms in total. The smallest absolute Gasteiger partial charge is 0.263 e. The normalized spacial score (nSPS) is 16.8. The van der Waals surface area contributed by atoms with Gasteiger partial charge in [0.15, 0.2) is 0 Å². The van der Waals surface area contributed by atoms with E-state index in [4.69, 9.17) is 0 Å². The zero-order valence-corrected chi connectivity index (χ0v) is 14.3. The molecule has 1 amide bonds. The Kier molecular flexibility index (Phi) is 4.30. The van der Waals surface area contributed by atoms with Crippen molar-refractivity contribution in [1.29, 1.82) is 0 Å². The van der Waals surface area contributed by atoms with Crippen molar-refractivity contribution in [3.05, 3.63) is 29.4 Å². The van der Waals surface area contributed by atoms with E-state index >= 15 is 0 Å². The summed E-state index contributed by atoms with van der Waals surface area (Å²) in [7, 11) is 0. The van der Waals surface area contributed by atoms with Crippen LogP contribution in [0.1, 0.15) is 41.8 Å². The number of thiophene rings is 1. The van der Waals surface area contributed by atoms with Gasteiger partial charge in [-0.1, -0.05) is 19.3 Å². The van der Waals surface area contributed by atoms with Crippen LogP contribution in [0.2, 0.25) is 0 Å². The summed E-state index contributed by atoms with van der Waals surface area (Å²) in [6.07, 6.45) is 9.21. The van der Waals surface area contributed by atoms with Crippen molar-refractivity contribution in [2.24, 2.45) is 0 Å². The maximum absolute atomic E-state index is 12.7. The lowest BCUT2D eigenvalue weighted by atomic mass is 10.1. The Bertz CT molecular complexity index is 889. The highest BCUT2D eigenvalue weighted by Crippen LogP contribution is 2.39. The first-order valence-corrected chi connectivity index (χ1v) is 9.34. The van der Waals surface area contributed by atoms with Crippen molar-refractivity contribution in [2.45, 2.75) is 32.1 Å². The molecule has 1 aromatic carbocycles. The first-order chi connectivity index (χ1) is 11.8. The topological polar surface area (TPSA) is 66.9 Å². The zero-order valence-electron chi connectivity index (χ0n) is 13.5. The number of aromatic nitrogens is 2. The number of nitrogens with one attached hydrogen (secondary N) is 2. The maximum atomic E-state index is 12.7. The minimum atomic E-state index is 0.0105. The van der Waals surface area contributed by atoms with Gasteiger partial charge in [-0.05, 0) is 25.0 Å². The van der Waals surface area contributed by atoms with E-state index in [0.717, 1.165) is 57.6 Å². The van der Waals surface area contributed by atoms with Crippen molar-refractivity contribution in [3.8, 4) is 0 Å². The molecule has 124 valence electrons. The van der Waals surface area contributed by atoms with E-state index in [-0.39, 0.29) is 5.91 Å². The van der Waals surface area contributed by atoms with Crippen LogP contribution < -0.4 is 10.6 Å². The summed E-state index contributed by atoms with van der Waals surface area (Å²) in [4.78, 5) is 22.3. The summed E-state index contributed by atoms with van der Waals surface area (Å²) in [6.45, 7) is 1.62. The average molecular weight is 340 g/mol. The van der Waals surface area contributed by atoms with E-state index in [1.54, 1.807) is 12.4 Å². The molecule has 1 aliphatic rings.